The highest BCUT2D eigenvalue weighted by Gasteiger charge is 2.37. The minimum absolute atomic E-state index is 0.193. The monoisotopic (exact) mass is 339 g/mol. The molecule has 3 nitrogen and oxygen atoms in total. The van der Waals surface area contributed by atoms with Crippen LogP contribution in [0.5, 0.6) is 0 Å². The third-order valence-corrected chi connectivity index (χ3v) is 5.76. The molecule has 1 saturated carbocycles. The quantitative estimate of drug-likeness (QED) is 0.877. The molecule has 2 fully saturated rings. The Morgan fingerprint density at radius 3 is 2.61 bits per heavy atom. The first-order chi connectivity index (χ1) is 11.1. The van der Waals surface area contributed by atoms with Crippen LogP contribution in [0.4, 0.5) is 4.39 Å². The minimum atomic E-state index is -0.914. The summed E-state index contributed by atoms with van der Waals surface area (Å²) in [4.78, 5) is 13.8. The van der Waals surface area contributed by atoms with Crippen molar-refractivity contribution in [3.63, 3.8) is 0 Å². The van der Waals surface area contributed by atoms with E-state index in [9.17, 15) is 14.3 Å². The van der Waals surface area contributed by atoms with Gasteiger partial charge in [-0.05, 0) is 42.5 Å². The molecule has 126 valence electrons. The molecule has 5 heteroatoms. The topological polar surface area (TPSA) is 40.5 Å². The van der Waals surface area contributed by atoms with Crippen molar-refractivity contribution in [2.75, 3.05) is 13.1 Å². The van der Waals surface area contributed by atoms with Crippen molar-refractivity contribution in [3.05, 3.63) is 34.6 Å². The van der Waals surface area contributed by atoms with Gasteiger partial charge in [0.1, 0.15) is 11.9 Å². The lowest BCUT2D eigenvalue weighted by Gasteiger charge is -2.29. The number of hydrogen-bond acceptors (Lipinski definition) is 2. The van der Waals surface area contributed by atoms with Crippen molar-refractivity contribution in [1.29, 1.82) is 0 Å². The summed E-state index contributed by atoms with van der Waals surface area (Å²) in [6.45, 7) is 1.57. The fraction of sp³-hybridized carbons (Fsp3) is 0.611. The van der Waals surface area contributed by atoms with E-state index in [0.29, 0.717) is 11.5 Å². The Labute approximate surface area is 141 Å². The summed E-state index contributed by atoms with van der Waals surface area (Å²) in [6.07, 6.45) is 7.52. The molecule has 1 aliphatic carbocycles. The summed E-state index contributed by atoms with van der Waals surface area (Å²) in [5.41, 5.74) is 0.491. The van der Waals surface area contributed by atoms with Gasteiger partial charge in [0, 0.05) is 11.6 Å². The van der Waals surface area contributed by atoms with Crippen LogP contribution in [0.25, 0.3) is 0 Å². The molecule has 2 aliphatic rings. The first-order valence-electron chi connectivity index (χ1n) is 8.48. The molecule has 0 amide bonds. The van der Waals surface area contributed by atoms with E-state index in [1.807, 2.05) is 4.90 Å². The summed E-state index contributed by atoms with van der Waals surface area (Å²) >= 11 is 6.10. The van der Waals surface area contributed by atoms with Gasteiger partial charge in [-0.3, -0.25) is 9.69 Å². The van der Waals surface area contributed by atoms with E-state index >= 15 is 0 Å². The molecule has 23 heavy (non-hydrogen) atoms. The molecule has 2 atom stereocenters. The number of aliphatic carboxylic acids is 1. The first kappa shape index (κ1) is 16.7. The number of halogens is 2. The van der Waals surface area contributed by atoms with Gasteiger partial charge in [0.05, 0.1) is 0 Å². The smallest absolute Gasteiger partial charge is 0.325 e. The summed E-state index contributed by atoms with van der Waals surface area (Å²) < 4.78 is 13.2. The average molecular weight is 340 g/mol. The molecule has 1 heterocycles. The van der Waals surface area contributed by atoms with Crippen molar-refractivity contribution < 1.29 is 14.3 Å². The van der Waals surface area contributed by atoms with Gasteiger partial charge in [-0.2, -0.15) is 0 Å². The second-order valence-electron chi connectivity index (χ2n) is 6.85. The third-order valence-electron chi connectivity index (χ3n) is 5.43. The van der Waals surface area contributed by atoms with Gasteiger partial charge >= 0.3 is 5.97 Å². The summed E-state index contributed by atoms with van der Waals surface area (Å²) in [5.74, 6) is -0.0459. The summed E-state index contributed by atoms with van der Waals surface area (Å²) in [5, 5.41) is 9.88. The van der Waals surface area contributed by atoms with Crippen molar-refractivity contribution in [2.24, 2.45) is 11.8 Å². The predicted octanol–water partition coefficient (Wildman–Crippen LogP) is 4.51. The number of nitrogens with zero attached hydrogens (tertiary/aromatic N) is 1. The number of carboxylic acids is 1. The number of hydrogen-bond donors (Lipinski definition) is 1. The zero-order chi connectivity index (χ0) is 16.4. The highest BCUT2D eigenvalue weighted by Crippen LogP contribution is 2.39. The predicted molar refractivity (Wildman–Crippen MR) is 88.0 cm³/mol. The van der Waals surface area contributed by atoms with Gasteiger partial charge in [-0.1, -0.05) is 49.8 Å². The molecule has 1 aliphatic heterocycles. The summed E-state index contributed by atoms with van der Waals surface area (Å²) in [7, 11) is 0. The first-order valence-corrected chi connectivity index (χ1v) is 8.86. The molecule has 0 spiro atoms. The second kappa shape index (κ2) is 7.18. The van der Waals surface area contributed by atoms with E-state index in [4.69, 9.17) is 11.6 Å². The Hall–Kier alpha value is -1.13. The Kier molecular flexibility index (Phi) is 5.22. The van der Waals surface area contributed by atoms with E-state index in [1.54, 1.807) is 0 Å². The van der Waals surface area contributed by atoms with Crippen LogP contribution in [0, 0.1) is 17.7 Å². The van der Waals surface area contributed by atoms with E-state index in [-0.39, 0.29) is 5.02 Å². The highest BCUT2D eigenvalue weighted by molar-refractivity contribution is 6.31. The van der Waals surface area contributed by atoms with Gasteiger partial charge in [-0.15, -0.1) is 0 Å². The van der Waals surface area contributed by atoms with Crippen LogP contribution in [0.3, 0.4) is 0 Å². The van der Waals surface area contributed by atoms with E-state index in [2.05, 4.69) is 0 Å². The van der Waals surface area contributed by atoms with Crippen LogP contribution in [-0.2, 0) is 4.79 Å². The zero-order valence-electron chi connectivity index (χ0n) is 13.2. The van der Waals surface area contributed by atoms with Crippen LogP contribution >= 0.6 is 11.6 Å². The van der Waals surface area contributed by atoms with Crippen LogP contribution in [0.1, 0.15) is 50.1 Å². The number of benzene rings is 1. The lowest BCUT2D eigenvalue weighted by molar-refractivity contribution is -0.143. The Bertz CT molecular complexity index is 574. The molecular weight excluding hydrogens is 317 g/mol. The molecule has 1 saturated heterocycles. The zero-order valence-corrected chi connectivity index (χ0v) is 13.9. The van der Waals surface area contributed by atoms with Gasteiger partial charge in [0.15, 0.2) is 0 Å². The minimum Gasteiger partial charge on any atom is -0.480 e. The fourth-order valence-electron chi connectivity index (χ4n) is 4.25. The Morgan fingerprint density at radius 1 is 1.22 bits per heavy atom. The van der Waals surface area contributed by atoms with Crippen LogP contribution < -0.4 is 0 Å². The molecule has 0 aromatic heterocycles. The van der Waals surface area contributed by atoms with Gasteiger partial charge in [-0.25, -0.2) is 4.39 Å². The Morgan fingerprint density at radius 2 is 1.96 bits per heavy atom. The molecule has 0 radical (unpaired) electrons. The van der Waals surface area contributed by atoms with Gasteiger partial charge < -0.3 is 5.11 Å². The van der Waals surface area contributed by atoms with E-state index in [1.165, 1.54) is 50.3 Å². The SMILES string of the molecule is O=C(O)C(c1ccc(F)cc1Cl)N1CCC(C2CCCCC2)C1. The van der Waals surface area contributed by atoms with Gasteiger partial charge in [0.25, 0.3) is 0 Å². The normalized spacial score (nSPS) is 24.7. The lowest BCUT2D eigenvalue weighted by atomic mass is 9.79. The van der Waals surface area contributed by atoms with Crippen molar-refractivity contribution in [2.45, 2.75) is 44.6 Å². The molecule has 1 aromatic carbocycles. The lowest BCUT2D eigenvalue weighted by Crippen LogP contribution is -2.33. The average Bonchev–Trinajstić information content (AvgIpc) is 3.00. The third kappa shape index (κ3) is 3.69. The molecule has 0 bridgehead atoms. The summed E-state index contributed by atoms with van der Waals surface area (Å²) in [6, 6.07) is 3.20. The fourth-order valence-corrected chi connectivity index (χ4v) is 4.52. The molecule has 1 aromatic rings. The van der Waals surface area contributed by atoms with Crippen LogP contribution in [-0.4, -0.2) is 29.1 Å². The van der Waals surface area contributed by atoms with E-state index in [0.717, 1.165) is 25.4 Å². The van der Waals surface area contributed by atoms with E-state index < -0.39 is 17.8 Å². The number of likely N-dealkylation sites (tertiary alicyclic amines) is 1. The number of rotatable bonds is 4. The molecular formula is C18H23ClFNO2. The molecule has 2 unspecified atom stereocenters. The maximum Gasteiger partial charge on any atom is 0.325 e. The van der Waals surface area contributed by atoms with Crippen molar-refractivity contribution in [3.8, 4) is 0 Å². The van der Waals surface area contributed by atoms with Gasteiger partial charge in [0.2, 0.25) is 0 Å². The number of carboxylic acid groups (broad SMARTS) is 1. The highest BCUT2D eigenvalue weighted by atomic mass is 35.5. The molecule has 1 N–H and O–H groups in total. The molecule has 3 rings (SSSR count). The maximum absolute atomic E-state index is 13.2. The van der Waals surface area contributed by atoms with Crippen molar-refractivity contribution >= 4 is 17.6 Å². The number of carbonyl (C=O) groups is 1. The van der Waals surface area contributed by atoms with Crippen LogP contribution in [0.2, 0.25) is 5.02 Å². The largest absolute Gasteiger partial charge is 0.480 e. The standard InChI is InChI=1S/C18H23ClFNO2/c19-16-10-14(20)6-7-15(16)17(18(22)23)21-9-8-13(11-21)12-4-2-1-3-5-12/h6-7,10,12-13,17H,1-5,8-9,11H2,(H,22,23). The van der Waals surface area contributed by atoms with Crippen molar-refractivity contribution in [1.82, 2.24) is 4.90 Å². The Balaban J connectivity index is 1.76. The maximum atomic E-state index is 13.2. The van der Waals surface area contributed by atoms with Crippen LogP contribution in [0.15, 0.2) is 18.2 Å². The second-order valence-corrected chi connectivity index (χ2v) is 7.26.